The highest BCUT2D eigenvalue weighted by molar-refractivity contribution is 7.17. The molecule has 0 fully saturated rings. The van der Waals surface area contributed by atoms with Crippen molar-refractivity contribution in [1.29, 1.82) is 0 Å². The van der Waals surface area contributed by atoms with E-state index in [2.05, 4.69) is 22.8 Å². The number of carbonyl (C=O) groups is 1. The molecule has 0 spiro atoms. The molecule has 8 heteroatoms. The average molecular weight is 354 g/mol. The van der Waals surface area contributed by atoms with Gasteiger partial charge in [0.1, 0.15) is 0 Å². The number of amides is 1. The number of carbonyl (C=O) groups excluding carboxylic acids is 1. The van der Waals surface area contributed by atoms with Crippen molar-refractivity contribution in [2.75, 3.05) is 13.1 Å². The van der Waals surface area contributed by atoms with E-state index in [0.29, 0.717) is 11.4 Å². The van der Waals surface area contributed by atoms with Gasteiger partial charge in [-0.3, -0.25) is 14.9 Å². The van der Waals surface area contributed by atoms with Crippen molar-refractivity contribution in [3.63, 3.8) is 0 Å². The molecule has 1 aromatic heterocycles. The van der Waals surface area contributed by atoms with Crippen LogP contribution in [0.25, 0.3) is 0 Å². The van der Waals surface area contributed by atoms with Crippen LogP contribution < -0.4 is 10.6 Å². The second-order valence-corrected chi connectivity index (χ2v) is 6.12. The van der Waals surface area contributed by atoms with E-state index in [0.717, 1.165) is 24.3 Å². The number of halogens is 1. The van der Waals surface area contributed by atoms with Gasteiger partial charge in [-0.15, -0.1) is 12.4 Å². The topological polar surface area (TPSA) is 84.3 Å². The summed E-state index contributed by atoms with van der Waals surface area (Å²) in [6, 6.07) is 11.1. The fourth-order valence-electron chi connectivity index (χ4n) is 2.60. The molecule has 1 aliphatic rings. The van der Waals surface area contributed by atoms with Gasteiger partial charge in [0, 0.05) is 18.7 Å². The molecule has 122 valence electrons. The van der Waals surface area contributed by atoms with E-state index in [4.69, 9.17) is 0 Å². The lowest BCUT2D eigenvalue weighted by atomic mass is 9.94. The minimum absolute atomic E-state index is 0. The summed E-state index contributed by atoms with van der Waals surface area (Å²) >= 11 is 0.890. The molecule has 1 unspecified atom stereocenters. The fraction of sp³-hybridized carbons (Fsp3) is 0.267. The van der Waals surface area contributed by atoms with Crippen LogP contribution in [-0.4, -0.2) is 23.9 Å². The van der Waals surface area contributed by atoms with E-state index >= 15 is 0 Å². The zero-order valence-corrected chi connectivity index (χ0v) is 13.8. The molecule has 0 aliphatic carbocycles. The van der Waals surface area contributed by atoms with Crippen LogP contribution in [0.5, 0.6) is 0 Å². The van der Waals surface area contributed by atoms with E-state index in [1.54, 1.807) is 0 Å². The smallest absolute Gasteiger partial charge is 0.324 e. The van der Waals surface area contributed by atoms with Crippen molar-refractivity contribution in [3.8, 4) is 0 Å². The van der Waals surface area contributed by atoms with Gasteiger partial charge < -0.3 is 10.6 Å². The number of nitro groups is 1. The number of nitrogens with one attached hydrogen (secondary N) is 2. The summed E-state index contributed by atoms with van der Waals surface area (Å²) in [6.45, 7) is 1.34. The highest BCUT2D eigenvalue weighted by atomic mass is 35.5. The van der Waals surface area contributed by atoms with Gasteiger partial charge in [-0.1, -0.05) is 35.6 Å². The van der Waals surface area contributed by atoms with E-state index in [-0.39, 0.29) is 29.4 Å². The monoisotopic (exact) mass is 353 g/mol. The summed E-state index contributed by atoms with van der Waals surface area (Å²) in [5.74, 6) is -0.275. The maximum absolute atomic E-state index is 12.1. The second kappa shape index (κ2) is 7.54. The Labute approximate surface area is 143 Å². The molecule has 2 aromatic rings. The van der Waals surface area contributed by atoms with Crippen molar-refractivity contribution in [2.24, 2.45) is 0 Å². The van der Waals surface area contributed by atoms with Crippen molar-refractivity contribution in [3.05, 3.63) is 62.5 Å². The lowest BCUT2D eigenvalue weighted by molar-refractivity contribution is -0.380. The minimum atomic E-state index is -0.486. The maximum Gasteiger partial charge on any atom is 0.324 e. The fourth-order valence-corrected chi connectivity index (χ4v) is 3.34. The van der Waals surface area contributed by atoms with E-state index in [1.807, 2.05) is 12.1 Å². The lowest BCUT2D eigenvalue weighted by Gasteiger charge is -2.27. The first-order chi connectivity index (χ1) is 10.6. The summed E-state index contributed by atoms with van der Waals surface area (Å²) in [4.78, 5) is 22.6. The number of thiophene rings is 1. The third-order valence-electron chi connectivity index (χ3n) is 3.68. The van der Waals surface area contributed by atoms with Crippen molar-refractivity contribution >= 4 is 34.7 Å². The predicted molar refractivity (Wildman–Crippen MR) is 91.4 cm³/mol. The largest absolute Gasteiger partial charge is 0.349 e. The van der Waals surface area contributed by atoms with Gasteiger partial charge in [0.25, 0.3) is 5.91 Å². The average Bonchev–Trinajstić information content (AvgIpc) is 3.03. The molecule has 1 amide bonds. The van der Waals surface area contributed by atoms with Crippen molar-refractivity contribution < 1.29 is 9.72 Å². The highest BCUT2D eigenvalue weighted by Crippen LogP contribution is 2.25. The second-order valence-electron chi connectivity index (χ2n) is 5.06. The number of fused-ring (bicyclic) bond motifs is 1. The van der Waals surface area contributed by atoms with Crippen LogP contribution in [0, 0.1) is 10.1 Å². The molecule has 0 saturated carbocycles. The van der Waals surface area contributed by atoms with Crippen LogP contribution in [0.4, 0.5) is 5.00 Å². The quantitative estimate of drug-likeness (QED) is 0.653. The van der Waals surface area contributed by atoms with Gasteiger partial charge in [-0.25, -0.2) is 0 Å². The maximum atomic E-state index is 12.1. The Morgan fingerprint density at radius 3 is 2.87 bits per heavy atom. The van der Waals surface area contributed by atoms with Crippen LogP contribution in [0.3, 0.4) is 0 Å². The first-order valence-corrected chi connectivity index (χ1v) is 7.80. The summed E-state index contributed by atoms with van der Waals surface area (Å²) in [7, 11) is 0. The van der Waals surface area contributed by atoms with Crippen LogP contribution in [0.15, 0.2) is 36.4 Å². The summed E-state index contributed by atoms with van der Waals surface area (Å²) in [5, 5.41) is 16.9. The normalized spacial score (nSPS) is 16.1. The Balaban J connectivity index is 0.00000192. The summed E-state index contributed by atoms with van der Waals surface area (Å²) in [6.07, 6.45) is 0.984. The van der Waals surface area contributed by atoms with Crippen LogP contribution >= 0.6 is 23.7 Å². The van der Waals surface area contributed by atoms with Gasteiger partial charge in [0.05, 0.1) is 9.80 Å². The molecule has 0 saturated heterocycles. The number of hydrogen-bond donors (Lipinski definition) is 2. The molecule has 0 bridgehead atoms. The van der Waals surface area contributed by atoms with E-state index in [1.165, 1.54) is 23.3 Å². The number of rotatable bonds is 4. The predicted octanol–water partition coefficient (Wildman–Crippen LogP) is 2.69. The molecular weight excluding hydrogens is 338 g/mol. The van der Waals surface area contributed by atoms with Gasteiger partial charge in [0.2, 0.25) is 0 Å². The number of hydrogen-bond acceptors (Lipinski definition) is 5. The van der Waals surface area contributed by atoms with Gasteiger partial charge >= 0.3 is 5.00 Å². The number of nitrogens with zero attached hydrogens (tertiary/aromatic N) is 1. The Kier molecular flexibility index (Phi) is 5.70. The third kappa shape index (κ3) is 3.87. The van der Waals surface area contributed by atoms with E-state index in [9.17, 15) is 14.9 Å². The lowest BCUT2D eigenvalue weighted by Crippen LogP contribution is -2.38. The van der Waals surface area contributed by atoms with E-state index < -0.39 is 4.92 Å². The van der Waals surface area contributed by atoms with Crippen molar-refractivity contribution in [1.82, 2.24) is 10.6 Å². The van der Waals surface area contributed by atoms with Crippen LogP contribution in [0.2, 0.25) is 0 Å². The molecule has 1 atom stereocenters. The molecule has 1 aromatic carbocycles. The molecule has 23 heavy (non-hydrogen) atoms. The minimum Gasteiger partial charge on any atom is -0.349 e. The zero-order chi connectivity index (χ0) is 15.5. The Hall–Kier alpha value is -1.96. The molecule has 0 radical (unpaired) electrons. The summed E-state index contributed by atoms with van der Waals surface area (Å²) in [5.41, 5.74) is 2.50. The molecular formula is C15H16ClN3O3S. The highest BCUT2D eigenvalue weighted by Gasteiger charge is 2.21. The first-order valence-electron chi connectivity index (χ1n) is 6.99. The van der Waals surface area contributed by atoms with Crippen molar-refractivity contribution in [2.45, 2.75) is 12.5 Å². The molecule has 6 nitrogen and oxygen atoms in total. The molecule has 2 heterocycles. The Bertz CT molecular complexity index is 719. The van der Waals surface area contributed by atoms with Gasteiger partial charge in [0.15, 0.2) is 0 Å². The van der Waals surface area contributed by atoms with Crippen LogP contribution in [0.1, 0.15) is 26.8 Å². The zero-order valence-electron chi connectivity index (χ0n) is 12.2. The van der Waals surface area contributed by atoms with Crippen LogP contribution in [-0.2, 0) is 6.42 Å². The molecule has 3 rings (SSSR count). The first kappa shape index (κ1) is 17.4. The van der Waals surface area contributed by atoms with Gasteiger partial charge in [-0.05, 0) is 30.2 Å². The molecule has 2 N–H and O–H groups in total. The molecule has 1 aliphatic heterocycles. The standard InChI is InChI=1S/C15H15N3O3S.ClH/c19-15(13-5-6-14(22-13)18(20)21)17-9-12-11-4-2-1-3-10(11)7-8-16-12;/h1-6,12,16H,7-9H2,(H,17,19);1H. The van der Waals surface area contributed by atoms with Gasteiger partial charge in [-0.2, -0.15) is 0 Å². The SMILES string of the molecule is Cl.O=C(NCC1NCCc2ccccc21)c1ccc([N+](=O)[O-])s1. The Morgan fingerprint density at radius 1 is 1.35 bits per heavy atom. The Morgan fingerprint density at radius 2 is 2.13 bits per heavy atom. The third-order valence-corrected chi connectivity index (χ3v) is 4.71. The number of benzene rings is 1. The summed E-state index contributed by atoms with van der Waals surface area (Å²) < 4.78 is 0.